The highest BCUT2D eigenvalue weighted by Crippen LogP contribution is 2.35. The van der Waals surface area contributed by atoms with Gasteiger partial charge in [-0.25, -0.2) is 9.78 Å². The molecule has 46 heavy (non-hydrogen) atoms. The summed E-state index contributed by atoms with van der Waals surface area (Å²) in [4.78, 5) is 45.7. The van der Waals surface area contributed by atoms with Crippen LogP contribution in [0.2, 0.25) is 0 Å². The van der Waals surface area contributed by atoms with Crippen molar-refractivity contribution < 1.29 is 27.6 Å². The number of nitrogens with zero attached hydrogens (tertiary/aromatic N) is 2. The van der Waals surface area contributed by atoms with E-state index in [1.165, 1.54) is 23.0 Å². The van der Waals surface area contributed by atoms with E-state index >= 15 is 0 Å². The molecule has 0 saturated heterocycles. The van der Waals surface area contributed by atoms with Gasteiger partial charge in [-0.1, -0.05) is 12.1 Å². The molecule has 1 aliphatic rings. The average Bonchev–Trinajstić information content (AvgIpc) is 3.75. The van der Waals surface area contributed by atoms with Crippen molar-refractivity contribution in [2.45, 2.75) is 20.0 Å². The number of urea groups is 1. The highest BCUT2D eigenvalue weighted by Gasteiger charge is 2.32. The highest BCUT2D eigenvalue weighted by molar-refractivity contribution is 6.35. The highest BCUT2D eigenvalue weighted by atomic mass is 19.4. The first kappa shape index (κ1) is 29.9. The van der Waals surface area contributed by atoms with Crippen LogP contribution >= 0.6 is 0 Å². The van der Waals surface area contributed by atoms with Crippen LogP contribution in [-0.4, -0.2) is 32.4 Å². The molecule has 13 heteroatoms. The van der Waals surface area contributed by atoms with Crippen molar-refractivity contribution in [3.63, 3.8) is 0 Å². The molecule has 232 valence electrons. The second-order valence-corrected chi connectivity index (χ2v) is 10.6. The Kier molecular flexibility index (Phi) is 7.66. The minimum atomic E-state index is -4.68. The van der Waals surface area contributed by atoms with E-state index in [1.54, 1.807) is 62.6 Å². The van der Waals surface area contributed by atoms with Crippen molar-refractivity contribution in [3.05, 3.63) is 119 Å². The van der Waals surface area contributed by atoms with Crippen LogP contribution in [0.15, 0.2) is 85.5 Å². The van der Waals surface area contributed by atoms with Gasteiger partial charge in [0.2, 0.25) is 0 Å². The Morgan fingerprint density at radius 1 is 0.935 bits per heavy atom. The fourth-order valence-electron chi connectivity index (χ4n) is 4.94. The molecule has 0 unspecified atom stereocenters. The summed E-state index contributed by atoms with van der Waals surface area (Å²) in [6.07, 6.45) is 1.74. The largest absolute Gasteiger partial charge is 0.416 e. The molecule has 3 heterocycles. The summed E-state index contributed by atoms with van der Waals surface area (Å²) in [7, 11) is 0. The first-order valence-electron chi connectivity index (χ1n) is 14.0. The zero-order valence-electron chi connectivity index (χ0n) is 24.4. The van der Waals surface area contributed by atoms with Gasteiger partial charge < -0.3 is 30.8 Å². The second kappa shape index (κ2) is 11.8. The summed E-state index contributed by atoms with van der Waals surface area (Å²) in [5, 5.41) is 10.9. The second-order valence-electron chi connectivity index (χ2n) is 10.6. The van der Waals surface area contributed by atoms with Crippen LogP contribution in [0, 0.1) is 13.8 Å². The lowest BCUT2D eigenvalue weighted by Crippen LogP contribution is -2.20. The molecule has 4 amide bonds. The fourth-order valence-corrected chi connectivity index (χ4v) is 4.94. The molecule has 6 rings (SSSR count). The number of rotatable bonds is 6. The normalized spacial score (nSPS) is 13.3. The van der Waals surface area contributed by atoms with Crippen LogP contribution in [-0.2, 0) is 11.0 Å². The molecule has 5 N–H and O–H groups in total. The number of aromatic nitrogens is 3. The minimum absolute atomic E-state index is 0.127. The Bertz CT molecular complexity index is 2030. The Morgan fingerprint density at radius 2 is 1.72 bits per heavy atom. The zero-order chi connectivity index (χ0) is 32.6. The maximum absolute atomic E-state index is 13.7. The summed E-state index contributed by atoms with van der Waals surface area (Å²) in [5.74, 6) is -1.04. The lowest BCUT2D eigenvalue weighted by molar-refractivity contribution is -0.137. The molecular weight excluding hydrogens is 599 g/mol. The average molecular weight is 626 g/mol. The Hall–Kier alpha value is -6.11. The van der Waals surface area contributed by atoms with E-state index in [4.69, 9.17) is 0 Å². The third-order valence-electron chi connectivity index (χ3n) is 7.24. The molecule has 0 aliphatic carbocycles. The van der Waals surface area contributed by atoms with Gasteiger partial charge >= 0.3 is 12.2 Å². The zero-order valence-corrected chi connectivity index (χ0v) is 24.4. The summed E-state index contributed by atoms with van der Waals surface area (Å²) in [5.41, 5.74) is 3.75. The predicted octanol–water partition coefficient (Wildman–Crippen LogP) is 7.23. The number of H-pyrrole nitrogens is 1. The number of benzene rings is 3. The number of carbonyl (C=O) groups is 3. The smallest absolute Gasteiger partial charge is 0.362 e. The van der Waals surface area contributed by atoms with Crippen molar-refractivity contribution in [2.24, 2.45) is 0 Å². The van der Waals surface area contributed by atoms with E-state index < -0.39 is 23.7 Å². The van der Waals surface area contributed by atoms with Crippen LogP contribution in [0.4, 0.5) is 40.7 Å². The maximum Gasteiger partial charge on any atom is 0.416 e. The first-order valence-corrected chi connectivity index (χ1v) is 14.0. The molecule has 0 radical (unpaired) electrons. The van der Waals surface area contributed by atoms with Gasteiger partial charge in [0.1, 0.15) is 0 Å². The maximum atomic E-state index is 13.7. The van der Waals surface area contributed by atoms with Crippen molar-refractivity contribution in [3.8, 4) is 5.69 Å². The number of aryl methyl sites for hydroxylation is 2. The molecule has 5 aromatic rings. The van der Waals surface area contributed by atoms with E-state index in [9.17, 15) is 27.6 Å². The molecule has 3 aromatic carbocycles. The van der Waals surface area contributed by atoms with Gasteiger partial charge in [0.05, 0.1) is 28.8 Å². The Morgan fingerprint density at radius 3 is 2.43 bits per heavy atom. The number of alkyl halides is 3. The van der Waals surface area contributed by atoms with Crippen LogP contribution in [0.1, 0.15) is 38.4 Å². The lowest BCUT2D eigenvalue weighted by atomic mass is 10.1. The number of nitrogens with one attached hydrogen (secondary N) is 5. The van der Waals surface area contributed by atoms with E-state index in [1.807, 2.05) is 12.1 Å². The topological polar surface area (TPSA) is 133 Å². The number of fused-ring (bicyclic) bond motifs is 1. The fraction of sp³-hybridized carbons (Fsp3) is 0.0909. The molecular formula is C33H26F3N7O3. The number of hydrogen-bond acceptors (Lipinski definition) is 4. The van der Waals surface area contributed by atoms with Crippen molar-refractivity contribution in [2.75, 3.05) is 21.3 Å². The van der Waals surface area contributed by atoms with Crippen molar-refractivity contribution in [1.82, 2.24) is 14.5 Å². The number of aromatic amines is 1. The van der Waals surface area contributed by atoms with Gasteiger partial charge in [-0.15, -0.1) is 0 Å². The molecule has 1 aliphatic heterocycles. The quantitative estimate of drug-likeness (QED) is 0.127. The van der Waals surface area contributed by atoms with Crippen LogP contribution in [0.5, 0.6) is 0 Å². The van der Waals surface area contributed by atoms with Gasteiger partial charge in [0, 0.05) is 52.0 Å². The molecule has 0 bridgehead atoms. The molecule has 0 atom stereocenters. The van der Waals surface area contributed by atoms with Gasteiger partial charge in [-0.05, 0) is 80.1 Å². The van der Waals surface area contributed by atoms with Crippen molar-refractivity contribution >= 4 is 52.2 Å². The monoisotopic (exact) mass is 625 g/mol. The number of hydrogen-bond donors (Lipinski definition) is 5. The number of anilines is 4. The number of imidazole rings is 1. The molecule has 0 spiro atoms. The SMILES string of the molecule is Cc1cn(-c2cc(C(=O)Nc3ccc(C)c(NC(=O)Nc4ccc5c(c4)NC(=O)C5=Cc4ccc[nH]4)c3)cc(C(F)(F)F)c2)cn1. The minimum Gasteiger partial charge on any atom is -0.362 e. The molecule has 2 aromatic heterocycles. The molecule has 0 fully saturated rings. The van der Waals surface area contributed by atoms with Gasteiger partial charge in [-0.2, -0.15) is 13.2 Å². The first-order chi connectivity index (χ1) is 21.9. The third kappa shape index (κ3) is 6.38. The van der Waals surface area contributed by atoms with E-state index in [-0.39, 0.29) is 22.8 Å². The number of carbonyl (C=O) groups excluding carboxylic acids is 3. The van der Waals surface area contributed by atoms with Gasteiger partial charge in [-0.3, -0.25) is 9.59 Å². The Labute approximate surface area is 260 Å². The van der Waals surface area contributed by atoms with Gasteiger partial charge in [0.25, 0.3) is 11.8 Å². The Balaban J connectivity index is 1.17. The standard InChI is InChI=1S/C33H26F3N7O3/c1-18-5-6-23(39-30(44)20-10-21(33(34,35)36)12-25(11-20)43-16-19(2)38-17-43)14-28(18)42-32(46)40-24-7-8-26-27(13-22-4-3-9-37-22)31(45)41-29(26)15-24/h3-17,37H,1-2H3,(H,39,44)(H,41,45)(H2,40,42,46). The molecule has 0 saturated carbocycles. The summed E-state index contributed by atoms with van der Waals surface area (Å²) in [6, 6.07) is 15.9. The van der Waals surface area contributed by atoms with E-state index in [0.29, 0.717) is 39.5 Å². The van der Waals surface area contributed by atoms with E-state index in [0.717, 1.165) is 17.8 Å². The summed E-state index contributed by atoms with van der Waals surface area (Å²) in [6.45, 7) is 3.45. The lowest BCUT2D eigenvalue weighted by Gasteiger charge is -2.14. The molecule has 10 nitrogen and oxygen atoms in total. The van der Waals surface area contributed by atoms with Crippen LogP contribution < -0.4 is 21.3 Å². The van der Waals surface area contributed by atoms with Crippen LogP contribution in [0.25, 0.3) is 17.3 Å². The van der Waals surface area contributed by atoms with Crippen molar-refractivity contribution in [1.29, 1.82) is 0 Å². The summed E-state index contributed by atoms with van der Waals surface area (Å²) < 4.78 is 42.4. The number of halogens is 3. The van der Waals surface area contributed by atoms with E-state index in [2.05, 4.69) is 31.2 Å². The van der Waals surface area contributed by atoms with Crippen LogP contribution in [0.3, 0.4) is 0 Å². The number of amides is 4. The summed E-state index contributed by atoms with van der Waals surface area (Å²) >= 11 is 0. The van der Waals surface area contributed by atoms with Gasteiger partial charge in [0.15, 0.2) is 0 Å². The third-order valence-corrected chi connectivity index (χ3v) is 7.24. The predicted molar refractivity (Wildman–Crippen MR) is 169 cm³/mol.